The van der Waals surface area contributed by atoms with Crippen molar-refractivity contribution in [3.05, 3.63) is 12.3 Å². The predicted molar refractivity (Wildman–Crippen MR) is 27.2 cm³/mol. The molecule has 0 aromatic heterocycles. The van der Waals surface area contributed by atoms with Gasteiger partial charge in [-0.2, -0.15) is 0 Å². The summed E-state index contributed by atoms with van der Waals surface area (Å²) < 4.78 is 1.93. The van der Waals surface area contributed by atoms with E-state index in [-0.39, 0.29) is 0 Å². The van der Waals surface area contributed by atoms with Gasteiger partial charge in [0, 0.05) is 6.42 Å². The second kappa shape index (κ2) is 1.87. The van der Waals surface area contributed by atoms with Gasteiger partial charge in [0.15, 0.2) is 13.6 Å². The average molecular weight is 97.1 g/mol. The van der Waals surface area contributed by atoms with Crippen molar-refractivity contribution >= 4 is 0 Å². The predicted octanol–water partition coefficient (Wildman–Crippen LogP) is 0.998. The molecule has 0 aromatic rings. The van der Waals surface area contributed by atoms with Crippen LogP contribution >= 0.6 is 0 Å². The molecule has 0 aromatic carbocycles. The van der Waals surface area contributed by atoms with Crippen molar-refractivity contribution in [3.8, 4) is 0 Å². The fourth-order valence-corrected chi connectivity index (χ4v) is 0.555. The van der Waals surface area contributed by atoms with Gasteiger partial charge in [-0.15, -0.1) is 4.70 Å². The molecule has 0 atom stereocenters. The average Bonchev–Trinajstić information content (AvgIpc) is 1.69. The SMILES string of the molecule is C[N+]1=NC=CCC1. The van der Waals surface area contributed by atoms with Crippen LogP contribution in [0.3, 0.4) is 0 Å². The quantitative estimate of drug-likeness (QED) is 0.401. The maximum Gasteiger partial charge on any atom is 0.171 e. The van der Waals surface area contributed by atoms with E-state index in [1.54, 1.807) is 0 Å². The molecule has 1 aliphatic heterocycles. The zero-order valence-corrected chi connectivity index (χ0v) is 4.46. The molecule has 0 radical (unpaired) electrons. The van der Waals surface area contributed by atoms with E-state index in [4.69, 9.17) is 0 Å². The van der Waals surface area contributed by atoms with E-state index >= 15 is 0 Å². The highest BCUT2D eigenvalue weighted by Gasteiger charge is 1.96. The summed E-state index contributed by atoms with van der Waals surface area (Å²) in [5, 5.41) is 3.98. The molecular weight excluding hydrogens is 88.1 g/mol. The summed E-state index contributed by atoms with van der Waals surface area (Å²) in [6.07, 6.45) is 5.05. The van der Waals surface area contributed by atoms with Crippen molar-refractivity contribution in [2.75, 3.05) is 13.6 Å². The van der Waals surface area contributed by atoms with Gasteiger partial charge in [-0.1, -0.05) is 6.08 Å². The lowest BCUT2D eigenvalue weighted by atomic mass is 10.4. The third kappa shape index (κ3) is 1.11. The highest BCUT2D eigenvalue weighted by molar-refractivity contribution is 4.77. The van der Waals surface area contributed by atoms with Crippen molar-refractivity contribution in [1.29, 1.82) is 0 Å². The largest absolute Gasteiger partial charge is 0.171 e. The topological polar surface area (TPSA) is 15.4 Å². The molecule has 7 heavy (non-hydrogen) atoms. The number of rotatable bonds is 0. The highest BCUT2D eigenvalue weighted by Crippen LogP contribution is 1.91. The minimum Gasteiger partial charge on any atom is -0.125 e. The normalized spacial score (nSPS) is 19.3. The first kappa shape index (κ1) is 4.50. The molecule has 1 rings (SSSR count). The molecule has 0 unspecified atom stereocenters. The van der Waals surface area contributed by atoms with E-state index in [1.807, 2.05) is 17.9 Å². The number of nitrogens with zero attached hydrogens (tertiary/aromatic N) is 2. The van der Waals surface area contributed by atoms with Crippen LogP contribution in [0.2, 0.25) is 0 Å². The first-order valence-corrected chi connectivity index (χ1v) is 2.46. The fourth-order valence-electron chi connectivity index (χ4n) is 0.555. The van der Waals surface area contributed by atoms with Crippen molar-refractivity contribution in [2.45, 2.75) is 6.42 Å². The Kier molecular flexibility index (Phi) is 1.20. The van der Waals surface area contributed by atoms with Crippen LogP contribution in [0.5, 0.6) is 0 Å². The van der Waals surface area contributed by atoms with Gasteiger partial charge in [-0.05, 0) is 5.11 Å². The zero-order valence-electron chi connectivity index (χ0n) is 4.46. The van der Waals surface area contributed by atoms with Crippen molar-refractivity contribution in [2.24, 2.45) is 5.11 Å². The van der Waals surface area contributed by atoms with E-state index in [0.717, 1.165) is 13.0 Å². The first-order chi connectivity index (χ1) is 3.39. The Morgan fingerprint density at radius 1 is 1.71 bits per heavy atom. The molecule has 0 bridgehead atoms. The minimum absolute atomic E-state index is 1.07. The standard InChI is InChI=1S/C5H9N2/c1-7-5-3-2-4-6-7/h2,4H,3,5H2,1H3/q+1. The number of hydrogen-bond acceptors (Lipinski definition) is 1. The molecule has 0 fully saturated rings. The van der Waals surface area contributed by atoms with E-state index in [2.05, 4.69) is 11.2 Å². The zero-order chi connectivity index (χ0) is 5.11. The van der Waals surface area contributed by atoms with Gasteiger partial charge in [0.1, 0.15) is 0 Å². The molecule has 0 N–H and O–H groups in total. The number of azo groups is 2. The van der Waals surface area contributed by atoms with Gasteiger partial charge in [0.2, 0.25) is 0 Å². The van der Waals surface area contributed by atoms with Crippen LogP contribution in [0.4, 0.5) is 0 Å². The lowest BCUT2D eigenvalue weighted by molar-refractivity contribution is -0.563. The molecule has 2 heteroatoms. The van der Waals surface area contributed by atoms with Crippen LogP contribution in [-0.2, 0) is 0 Å². The van der Waals surface area contributed by atoms with Gasteiger partial charge in [-0.3, -0.25) is 0 Å². The van der Waals surface area contributed by atoms with Crippen LogP contribution < -0.4 is 0 Å². The lowest BCUT2D eigenvalue weighted by Crippen LogP contribution is -2.04. The fraction of sp³-hybridized carbons (Fsp3) is 0.600. The minimum atomic E-state index is 1.07. The molecule has 0 amide bonds. The smallest absolute Gasteiger partial charge is 0.125 e. The summed E-state index contributed by atoms with van der Waals surface area (Å²) in [7, 11) is 1.98. The van der Waals surface area contributed by atoms with Gasteiger partial charge in [0.25, 0.3) is 0 Å². The summed E-state index contributed by atoms with van der Waals surface area (Å²) in [4.78, 5) is 0. The van der Waals surface area contributed by atoms with Crippen LogP contribution in [0.1, 0.15) is 6.42 Å². The van der Waals surface area contributed by atoms with E-state index in [9.17, 15) is 0 Å². The van der Waals surface area contributed by atoms with Crippen LogP contribution in [0.15, 0.2) is 17.4 Å². The molecular formula is C5H9N2+. The van der Waals surface area contributed by atoms with Crippen molar-refractivity contribution < 1.29 is 4.70 Å². The molecule has 1 heterocycles. The maximum absolute atomic E-state index is 3.98. The molecule has 0 saturated heterocycles. The Hall–Kier alpha value is -0.660. The molecule has 0 aliphatic carbocycles. The summed E-state index contributed by atoms with van der Waals surface area (Å²) in [6, 6.07) is 0. The maximum atomic E-state index is 3.98. The first-order valence-electron chi connectivity index (χ1n) is 2.46. The summed E-state index contributed by atoms with van der Waals surface area (Å²) in [5.41, 5.74) is 0. The van der Waals surface area contributed by atoms with Gasteiger partial charge in [0.05, 0.1) is 6.20 Å². The van der Waals surface area contributed by atoms with Crippen molar-refractivity contribution in [1.82, 2.24) is 0 Å². The van der Waals surface area contributed by atoms with Gasteiger partial charge in [-0.25, -0.2) is 0 Å². The lowest BCUT2D eigenvalue weighted by Gasteiger charge is -1.91. The Morgan fingerprint density at radius 3 is 2.86 bits per heavy atom. The summed E-state index contributed by atoms with van der Waals surface area (Å²) in [5.74, 6) is 0. The monoisotopic (exact) mass is 97.1 g/mol. The number of hydrogen-bond donors (Lipinski definition) is 0. The molecule has 0 saturated carbocycles. The van der Waals surface area contributed by atoms with Gasteiger partial charge < -0.3 is 0 Å². The van der Waals surface area contributed by atoms with E-state index in [0.29, 0.717) is 0 Å². The van der Waals surface area contributed by atoms with Crippen LogP contribution in [0.25, 0.3) is 0 Å². The van der Waals surface area contributed by atoms with E-state index < -0.39 is 0 Å². The second-order valence-corrected chi connectivity index (χ2v) is 1.67. The summed E-state index contributed by atoms with van der Waals surface area (Å²) in [6.45, 7) is 1.07. The van der Waals surface area contributed by atoms with E-state index in [1.165, 1.54) is 0 Å². The molecule has 1 aliphatic rings. The van der Waals surface area contributed by atoms with Gasteiger partial charge >= 0.3 is 0 Å². The van der Waals surface area contributed by atoms with Crippen LogP contribution in [0, 0.1) is 0 Å². The Bertz CT molecular complexity index is 113. The van der Waals surface area contributed by atoms with Crippen molar-refractivity contribution in [3.63, 3.8) is 0 Å². The highest BCUT2D eigenvalue weighted by atomic mass is 15.2. The Labute approximate surface area is 43.2 Å². The second-order valence-electron chi connectivity index (χ2n) is 1.67. The molecule has 38 valence electrons. The third-order valence-electron chi connectivity index (χ3n) is 0.989. The van der Waals surface area contributed by atoms with Crippen LogP contribution in [-0.4, -0.2) is 18.3 Å². The third-order valence-corrected chi connectivity index (χ3v) is 0.989. The molecule has 0 spiro atoms. The molecule has 2 nitrogen and oxygen atoms in total. The summed E-state index contributed by atoms with van der Waals surface area (Å²) >= 11 is 0. The Morgan fingerprint density at radius 2 is 2.57 bits per heavy atom. The Balaban J connectivity index is 2.57.